The lowest BCUT2D eigenvalue weighted by Gasteiger charge is -2.16. The van der Waals surface area contributed by atoms with Gasteiger partial charge in [-0.1, -0.05) is 30.3 Å². The van der Waals surface area contributed by atoms with Crippen molar-refractivity contribution < 1.29 is 19.1 Å². The van der Waals surface area contributed by atoms with Gasteiger partial charge >= 0.3 is 5.97 Å². The van der Waals surface area contributed by atoms with Crippen LogP contribution in [0.5, 0.6) is 0 Å². The molecule has 0 spiro atoms. The summed E-state index contributed by atoms with van der Waals surface area (Å²) in [6.45, 7) is 2.59. The number of rotatable bonds is 9. The Hall–Kier alpha value is -1.72. The van der Waals surface area contributed by atoms with E-state index in [4.69, 9.17) is 9.47 Å². The SMILES string of the molecule is CCOC(=O)C(CCOC)NCC(=O)c1ccccc1. The molecular weight excluding hydrogens is 258 g/mol. The summed E-state index contributed by atoms with van der Waals surface area (Å²) in [5.74, 6) is -0.414. The Kier molecular flexibility index (Phi) is 7.54. The van der Waals surface area contributed by atoms with Gasteiger partial charge in [-0.25, -0.2) is 0 Å². The largest absolute Gasteiger partial charge is 0.465 e. The second kappa shape index (κ2) is 9.23. The predicted octanol–water partition coefficient (Wildman–Crippen LogP) is 1.43. The normalized spacial score (nSPS) is 11.9. The van der Waals surface area contributed by atoms with Gasteiger partial charge in [0.1, 0.15) is 6.04 Å². The third-order valence-corrected chi connectivity index (χ3v) is 2.79. The average molecular weight is 279 g/mol. The van der Waals surface area contributed by atoms with Crippen molar-refractivity contribution in [1.82, 2.24) is 5.32 Å². The number of carbonyl (C=O) groups excluding carboxylic acids is 2. The Balaban J connectivity index is 2.52. The van der Waals surface area contributed by atoms with Crippen LogP contribution in [0, 0.1) is 0 Å². The molecule has 1 rings (SSSR count). The first-order chi connectivity index (χ1) is 9.69. The molecule has 0 amide bonds. The molecule has 5 nitrogen and oxygen atoms in total. The van der Waals surface area contributed by atoms with E-state index in [0.717, 1.165) is 0 Å². The van der Waals surface area contributed by atoms with Crippen LogP contribution in [-0.4, -0.2) is 44.7 Å². The first-order valence-corrected chi connectivity index (χ1v) is 6.66. The number of esters is 1. The maximum Gasteiger partial charge on any atom is 0.323 e. The van der Waals surface area contributed by atoms with Gasteiger partial charge < -0.3 is 9.47 Å². The summed E-state index contributed by atoms with van der Waals surface area (Å²) in [5.41, 5.74) is 0.620. The summed E-state index contributed by atoms with van der Waals surface area (Å²) in [6.07, 6.45) is 0.470. The van der Waals surface area contributed by atoms with Crippen molar-refractivity contribution in [2.24, 2.45) is 0 Å². The summed E-state index contributed by atoms with van der Waals surface area (Å²) < 4.78 is 9.93. The van der Waals surface area contributed by atoms with Crippen molar-refractivity contribution in [1.29, 1.82) is 0 Å². The second-order valence-electron chi connectivity index (χ2n) is 4.26. The van der Waals surface area contributed by atoms with Crippen LogP contribution >= 0.6 is 0 Å². The monoisotopic (exact) mass is 279 g/mol. The van der Waals surface area contributed by atoms with Crippen LogP contribution in [0.15, 0.2) is 30.3 Å². The van der Waals surface area contributed by atoms with Crippen molar-refractivity contribution >= 4 is 11.8 Å². The highest BCUT2D eigenvalue weighted by atomic mass is 16.5. The van der Waals surface area contributed by atoms with E-state index in [1.807, 2.05) is 6.07 Å². The van der Waals surface area contributed by atoms with Gasteiger partial charge in [-0.15, -0.1) is 0 Å². The van der Waals surface area contributed by atoms with Gasteiger partial charge in [-0.05, 0) is 13.3 Å². The van der Waals surface area contributed by atoms with Gasteiger partial charge in [0.15, 0.2) is 5.78 Å². The summed E-state index contributed by atoms with van der Waals surface area (Å²) in [5, 5.41) is 2.93. The Morgan fingerprint density at radius 1 is 1.25 bits per heavy atom. The third kappa shape index (κ3) is 5.50. The summed E-state index contributed by atoms with van der Waals surface area (Å²) in [6, 6.07) is 8.44. The van der Waals surface area contributed by atoms with E-state index in [1.54, 1.807) is 38.3 Å². The fourth-order valence-electron chi connectivity index (χ4n) is 1.72. The smallest absolute Gasteiger partial charge is 0.323 e. The Morgan fingerprint density at radius 2 is 1.95 bits per heavy atom. The molecule has 0 aliphatic carbocycles. The predicted molar refractivity (Wildman–Crippen MR) is 75.7 cm³/mol. The van der Waals surface area contributed by atoms with Gasteiger partial charge in [0, 0.05) is 19.3 Å². The number of ether oxygens (including phenoxy) is 2. The zero-order chi connectivity index (χ0) is 14.8. The van der Waals surface area contributed by atoms with Crippen molar-refractivity contribution in [3.05, 3.63) is 35.9 Å². The van der Waals surface area contributed by atoms with Gasteiger partial charge in [0.05, 0.1) is 13.2 Å². The molecule has 1 N–H and O–H groups in total. The molecule has 0 fully saturated rings. The van der Waals surface area contributed by atoms with Crippen LogP contribution in [0.3, 0.4) is 0 Å². The van der Waals surface area contributed by atoms with Gasteiger partial charge in [-0.2, -0.15) is 0 Å². The number of Topliss-reactive ketones (excluding diaryl/α,β-unsaturated/α-hetero) is 1. The Bertz CT molecular complexity index is 419. The minimum atomic E-state index is -0.525. The van der Waals surface area contributed by atoms with E-state index < -0.39 is 6.04 Å². The third-order valence-electron chi connectivity index (χ3n) is 2.79. The van der Waals surface area contributed by atoms with E-state index >= 15 is 0 Å². The van der Waals surface area contributed by atoms with Gasteiger partial charge in [0.25, 0.3) is 0 Å². The highest BCUT2D eigenvalue weighted by Gasteiger charge is 2.20. The number of hydrogen-bond donors (Lipinski definition) is 1. The van der Waals surface area contributed by atoms with Crippen molar-refractivity contribution in [2.45, 2.75) is 19.4 Å². The number of carbonyl (C=O) groups is 2. The van der Waals surface area contributed by atoms with Gasteiger partial charge in [-0.3, -0.25) is 14.9 Å². The Labute approximate surface area is 119 Å². The molecule has 1 atom stereocenters. The van der Waals surface area contributed by atoms with Crippen molar-refractivity contribution in [2.75, 3.05) is 26.9 Å². The lowest BCUT2D eigenvalue weighted by atomic mass is 10.1. The van der Waals surface area contributed by atoms with E-state index in [-0.39, 0.29) is 18.3 Å². The molecule has 20 heavy (non-hydrogen) atoms. The molecule has 0 aliphatic heterocycles. The van der Waals surface area contributed by atoms with Crippen LogP contribution in [0.25, 0.3) is 0 Å². The molecule has 0 saturated heterocycles. The standard InChI is InChI=1S/C15H21NO4/c1-3-20-15(18)13(9-10-19-2)16-11-14(17)12-7-5-4-6-8-12/h4-8,13,16H,3,9-11H2,1-2H3. The quantitative estimate of drug-likeness (QED) is 0.547. The van der Waals surface area contributed by atoms with Crippen molar-refractivity contribution in [3.63, 3.8) is 0 Å². The highest BCUT2D eigenvalue weighted by Crippen LogP contribution is 2.01. The molecule has 110 valence electrons. The first-order valence-electron chi connectivity index (χ1n) is 6.66. The minimum absolute atomic E-state index is 0.0580. The molecule has 1 aromatic rings. The van der Waals surface area contributed by atoms with Crippen LogP contribution in [0.4, 0.5) is 0 Å². The molecule has 0 radical (unpaired) electrons. The molecule has 0 heterocycles. The molecular formula is C15H21NO4. The minimum Gasteiger partial charge on any atom is -0.465 e. The van der Waals surface area contributed by atoms with Crippen molar-refractivity contribution in [3.8, 4) is 0 Å². The topological polar surface area (TPSA) is 64.6 Å². The van der Waals surface area contributed by atoms with E-state index in [1.165, 1.54) is 0 Å². The molecule has 0 saturated carbocycles. The fourth-order valence-corrected chi connectivity index (χ4v) is 1.72. The molecule has 5 heteroatoms. The van der Waals surface area contributed by atoms with Gasteiger partial charge in [0.2, 0.25) is 0 Å². The van der Waals surface area contributed by atoms with E-state index in [2.05, 4.69) is 5.32 Å². The fraction of sp³-hybridized carbons (Fsp3) is 0.467. The average Bonchev–Trinajstić information content (AvgIpc) is 2.48. The number of benzene rings is 1. The zero-order valence-corrected chi connectivity index (χ0v) is 11.9. The highest BCUT2D eigenvalue weighted by molar-refractivity contribution is 5.97. The van der Waals surface area contributed by atoms with E-state index in [0.29, 0.717) is 25.2 Å². The van der Waals surface area contributed by atoms with Crippen LogP contribution in [-0.2, 0) is 14.3 Å². The van der Waals surface area contributed by atoms with Crippen LogP contribution in [0.1, 0.15) is 23.7 Å². The number of hydrogen-bond acceptors (Lipinski definition) is 5. The maximum atomic E-state index is 12.0. The number of nitrogens with one attached hydrogen (secondary N) is 1. The molecule has 1 unspecified atom stereocenters. The first kappa shape index (κ1) is 16.3. The zero-order valence-electron chi connectivity index (χ0n) is 11.9. The number of ketones is 1. The summed E-state index contributed by atoms with van der Waals surface area (Å²) in [4.78, 5) is 23.7. The molecule has 0 aromatic heterocycles. The Morgan fingerprint density at radius 3 is 2.55 bits per heavy atom. The lowest BCUT2D eigenvalue weighted by molar-refractivity contribution is -0.146. The van der Waals surface area contributed by atoms with Crippen LogP contribution < -0.4 is 5.32 Å². The second-order valence-corrected chi connectivity index (χ2v) is 4.26. The molecule has 1 aromatic carbocycles. The lowest BCUT2D eigenvalue weighted by Crippen LogP contribution is -2.41. The maximum absolute atomic E-state index is 12.0. The number of methoxy groups -OCH3 is 1. The summed E-state index contributed by atoms with van der Waals surface area (Å²) in [7, 11) is 1.57. The molecule has 0 aliphatic rings. The molecule has 0 bridgehead atoms. The van der Waals surface area contributed by atoms with E-state index in [9.17, 15) is 9.59 Å². The van der Waals surface area contributed by atoms with Crippen LogP contribution in [0.2, 0.25) is 0 Å². The summed E-state index contributed by atoms with van der Waals surface area (Å²) >= 11 is 0.